The number of carboxylic acids is 1. The fraction of sp³-hybridized carbons (Fsp3) is 0.321. The first-order valence-corrected chi connectivity index (χ1v) is 13.0. The summed E-state index contributed by atoms with van der Waals surface area (Å²) in [6.45, 7) is 6.40. The molecule has 0 aliphatic rings. The molecule has 3 aromatic rings. The minimum absolute atomic E-state index is 0.0461. The van der Waals surface area contributed by atoms with Gasteiger partial charge in [0.2, 0.25) is 5.88 Å². The number of halogens is 3. The number of methoxy groups -OCH3 is 1. The lowest BCUT2D eigenvalue weighted by molar-refractivity contribution is -0.386. The summed E-state index contributed by atoms with van der Waals surface area (Å²) in [5.74, 6) is -2.90. The maximum Gasteiger partial charge on any atom is 0.410 e. The van der Waals surface area contributed by atoms with Gasteiger partial charge in [0.15, 0.2) is 0 Å². The maximum atomic E-state index is 14.6. The Hall–Kier alpha value is -4.52. The molecule has 0 aliphatic carbocycles. The number of nitrogens with one attached hydrogen (secondary N) is 1. The first-order chi connectivity index (χ1) is 19.6. The molecule has 0 spiro atoms. The standard InChI is InChI=1S/C28H29ClF2N4O7/c1-15(17-12-16(30)6-7-21(17)32-23-14-19(29)20(31)13-18(23)26(36)37)34(27(38)42-28(2,3)4)11-10-22-24(35(39)40)8-9-25(33-22)41-5/h6-9,12-15,32H,10-11H2,1-5H3,(H,36,37). The van der Waals surface area contributed by atoms with Crippen LogP contribution in [0.25, 0.3) is 0 Å². The number of carbonyl (C=O) groups excluding carboxylic acids is 1. The summed E-state index contributed by atoms with van der Waals surface area (Å²) in [7, 11) is 1.36. The second kappa shape index (κ2) is 13.0. The van der Waals surface area contributed by atoms with Gasteiger partial charge in [0.25, 0.3) is 5.69 Å². The molecule has 0 saturated carbocycles. The summed E-state index contributed by atoms with van der Waals surface area (Å²) in [6, 6.07) is 7.07. The van der Waals surface area contributed by atoms with E-state index in [0.717, 1.165) is 24.3 Å². The first kappa shape index (κ1) is 32.0. The van der Waals surface area contributed by atoms with E-state index in [1.54, 1.807) is 27.7 Å². The number of pyridine rings is 1. The third-order valence-electron chi connectivity index (χ3n) is 6.04. The summed E-state index contributed by atoms with van der Waals surface area (Å²) in [5.41, 5.74) is -1.27. The number of carbonyl (C=O) groups is 2. The molecular formula is C28H29ClF2N4O7. The average molecular weight is 607 g/mol. The van der Waals surface area contributed by atoms with Crippen LogP contribution in [-0.2, 0) is 11.2 Å². The number of anilines is 2. The summed E-state index contributed by atoms with van der Waals surface area (Å²) in [5, 5.41) is 23.7. The zero-order chi connectivity index (χ0) is 31.4. The van der Waals surface area contributed by atoms with E-state index in [9.17, 15) is 33.6 Å². The monoisotopic (exact) mass is 606 g/mol. The van der Waals surface area contributed by atoms with E-state index in [1.165, 1.54) is 30.2 Å². The van der Waals surface area contributed by atoms with Crippen LogP contribution in [0, 0.1) is 21.7 Å². The quantitative estimate of drug-likeness (QED) is 0.186. The molecule has 11 nitrogen and oxygen atoms in total. The van der Waals surface area contributed by atoms with Crippen molar-refractivity contribution in [2.24, 2.45) is 0 Å². The van der Waals surface area contributed by atoms with Crippen molar-refractivity contribution in [2.45, 2.75) is 45.8 Å². The van der Waals surface area contributed by atoms with Gasteiger partial charge in [-0.05, 0) is 58.0 Å². The second-order valence-electron chi connectivity index (χ2n) is 10.1. The van der Waals surface area contributed by atoms with Crippen LogP contribution < -0.4 is 10.1 Å². The molecule has 0 aliphatic heterocycles. The molecule has 1 aromatic heterocycles. The Labute approximate surface area is 245 Å². The van der Waals surface area contributed by atoms with Crippen molar-refractivity contribution >= 4 is 40.7 Å². The minimum Gasteiger partial charge on any atom is -0.481 e. The molecule has 0 fully saturated rings. The van der Waals surface area contributed by atoms with Crippen LogP contribution in [-0.4, -0.2) is 51.2 Å². The van der Waals surface area contributed by atoms with E-state index in [2.05, 4.69) is 10.3 Å². The molecule has 1 atom stereocenters. The van der Waals surface area contributed by atoms with E-state index in [-0.39, 0.29) is 52.2 Å². The van der Waals surface area contributed by atoms with Crippen molar-refractivity contribution < 1.29 is 37.9 Å². The molecule has 0 bridgehead atoms. The molecule has 3 rings (SSSR count). The van der Waals surface area contributed by atoms with Crippen molar-refractivity contribution in [1.82, 2.24) is 9.88 Å². The molecule has 2 aromatic carbocycles. The van der Waals surface area contributed by atoms with Gasteiger partial charge in [0.05, 0.1) is 34.3 Å². The Bertz CT molecular complexity index is 1510. The Morgan fingerprint density at radius 2 is 1.86 bits per heavy atom. The number of carboxylic acid groups (broad SMARTS) is 1. The number of amides is 1. The SMILES string of the molecule is COc1ccc([N+](=O)[O-])c(CCN(C(=O)OC(C)(C)C)C(C)c2cc(F)ccc2Nc2cc(Cl)c(F)cc2C(=O)O)n1. The zero-order valence-electron chi connectivity index (χ0n) is 23.4. The van der Waals surface area contributed by atoms with Gasteiger partial charge in [-0.1, -0.05) is 11.6 Å². The molecule has 14 heteroatoms. The topological polar surface area (TPSA) is 144 Å². The predicted octanol–water partition coefficient (Wildman–Crippen LogP) is 6.91. The molecule has 42 heavy (non-hydrogen) atoms. The van der Waals surface area contributed by atoms with Gasteiger partial charge in [0.1, 0.15) is 22.9 Å². The summed E-state index contributed by atoms with van der Waals surface area (Å²) >= 11 is 5.89. The fourth-order valence-corrected chi connectivity index (χ4v) is 4.22. The van der Waals surface area contributed by atoms with Crippen LogP contribution in [0.1, 0.15) is 55.4 Å². The first-order valence-electron chi connectivity index (χ1n) is 12.6. The number of hydrogen-bond donors (Lipinski definition) is 2. The van der Waals surface area contributed by atoms with Crippen LogP contribution >= 0.6 is 11.6 Å². The normalized spacial score (nSPS) is 11.9. The molecule has 0 radical (unpaired) electrons. The second-order valence-corrected chi connectivity index (χ2v) is 10.6. The van der Waals surface area contributed by atoms with Crippen molar-refractivity contribution in [2.75, 3.05) is 19.0 Å². The molecule has 1 unspecified atom stereocenters. The number of benzene rings is 2. The molecule has 0 saturated heterocycles. The summed E-state index contributed by atoms with van der Waals surface area (Å²) in [6.07, 6.45) is -0.891. The third kappa shape index (κ3) is 7.81. The molecule has 2 N–H and O–H groups in total. The highest BCUT2D eigenvalue weighted by molar-refractivity contribution is 6.31. The van der Waals surface area contributed by atoms with Gasteiger partial charge in [-0.15, -0.1) is 0 Å². The zero-order valence-corrected chi connectivity index (χ0v) is 24.2. The Morgan fingerprint density at radius 1 is 1.17 bits per heavy atom. The van der Waals surface area contributed by atoms with Gasteiger partial charge >= 0.3 is 12.1 Å². The number of ether oxygens (including phenoxy) is 2. The van der Waals surface area contributed by atoms with Crippen LogP contribution in [0.4, 0.5) is 30.6 Å². The Morgan fingerprint density at radius 3 is 2.45 bits per heavy atom. The maximum absolute atomic E-state index is 14.6. The lowest BCUT2D eigenvalue weighted by Crippen LogP contribution is -2.40. The van der Waals surface area contributed by atoms with Crippen LogP contribution in [0.3, 0.4) is 0 Å². The number of hydrogen-bond acceptors (Lipinski definition) is 8. The lowest BCUT2D eigenvalue weighted by atomic mass is 10.0. The van der Waals surface area contributed by atoms with Crippen molar-refractivity contribution in [1.29, 1.82) is 0 Å². The van der Waals surface area contributed by atoms with Crippen LogP contribution in [0.5, 0.6) is 5.88 Å². The number of aromatic carboxylic acids is 1. The number of nitrogens with zero attached hydrogens (tertiary/aromatic N) is 3. The number of aromatic nitrogens is 1. The van der Waals surface area contributed by atoms with Gasteiger partial charge in [-0.25, -0.2) is 23.4 Å². The Balaban J connectivity index is 2.06. The fourth-order valence-electron chi connectivity index (χ4n) is 4.06. The molecular weight excluding hydrogens is 578 g/mol. The average Bonchev–Trinajstić information content (AvgIpc) is 2.90. The van der Waals surface area contributed by atoms with Crippen molar-refractivity contribution in [3.8, 4) is 5.88 Å². The molecule has 1 heterocycles. The Kier molecular flexibility index (Phi) is 9.89. The van der Waals surface area contributed by atoms with Gasteiger partial charge in [-0.2, -0.15) is 0 Å². The lowest BCUT2D eigenvalue weighted by Gasteiger charge is -2.33. The highest BCUT2D eigenvalue weighted by Gasteiger charge is 2.30. The van der Waals surface area contributed by atoms with Gasteiger partial charge < -0.3 is 24.8 Å². The van der Waals surface area contributed by atoms with Gasteiger partial charge in [0, 0.05) is 36.3 Å². The highest BCUT2D eigenvalue weighted by atomic mass is 35.5. The summed E-state index contributed by atoms with van der Waals surface area (Å²) in [4.78, 5) is 41.6. The van der Waals surface area contributed by atoms with Crippen LogP contribution in [0.2, 0.25) is 5.02 Å². The largest absolute Gasteiger partial charge is 0.481 e. The third-order valence-corrected chi connectivity index (χ3v) is 6.33. The van der Waals surface area contributed by atoms with Crippen molar-refractivity contribution in [3.63, 3.8) is 0 Å². The number of rotatable bonds is 10. The van der Waals surface area contributed by atoms with E-state index in [4.69, 9.17) is 21.1 Å². The van der Waals surface area contributed by atoms with Crippen LogP contribution in [0.15, 0.2) is 42.5 Å². The summed E-state index contributed by atoms with van der Waals surface area (Å²) < 4.78 is 39.2. The smallest absolute Gasteiger partial charge is 0.410 e. The highest BCUT2D eigenvalue weighted by Crippen LogP contribution is 2.34. The minimum atomic E-state index is -1.44. The number of nitro groups is 1. The van der Waals surface area contributed by atoms with Gasteiger partial charge in [-0.3, -0.25) is 10.1 Å². The molecule has 1 amide bonds. The predicted molar refractivity (Wildman–Crippen MR) is 151 cm³/mol. The van der Waals surface area contributed by atoms with E-state index in [0.29, 0.717) is 0 Å². The van der Waals surface area contributed by atoms with E-state index in [1.807, 2.05) is 0 Å². The van der Waals surface area contributed by atoms with E-state index >= 15 is 0 Å². The van der Waals surface area contributed by atoms with Crippen molar-refractivity contribution in [3.05, 3.63) is 86.1 Å². The molecule has 224 valence electrons. The van der Waals surface area contributed by atoms with E-state index < -0.39 is 45.8 Å².